The molecule has 1 aliphatic heterocycles. The maximum Gasteiger partial charge on any atom is 0.530 e. The lowest BCUT2D eigenvalue weighted by Gasteiger charge is -2.22. The molecule has 1 aromatic carbocycles. The maximum atomic E-state index is 13.5. The van der Waals surface area contributed by atoms with Gasteiger partial charge in [-0.05, 0) is 37.6 Å². The van der Waals surface area contributed by atoms with Crippen LogP contribution in [0.4, 0.5) is 0 Å². The van der Waals surface area contributed by atoms with Gasteiger partial charge in [-0.15, -0.1) is 0 Å². The number of ether oxygens (including phenoxy) is 5. The molecule has 13 nitrogen and oxygen atoms in total. The fraction of sp³-hybridized carbons (Fsp3) is 0.654. The lowest BCUT2D eigenvalue weighted by molar-refractivity contribution is 0.00223. The number of rotatable bonds is 20. The van der Waals surface area contributed by atoms with Crippen molar-refractivity contribution in [3.05, 3.63) is 50.6 Å². The normalized spacial score (nSPS) is 19.7. The predicted octanol–water partition coefficient (Wildman–Crippen LogP) is 5.07. The molecule has 4 atom stereocenters. The number of phosphoric acid groups is 1. The van der Waals surface area contributed by atoms with E-state index < -0.39 is 20.0 Å². The third-order valence-corrected chi connectivity index (χ3v) is 6.96. The molecule has 1 aliphatic rings. The second kappa shape index (κ2) is 20.5. The molecule has 0 bridgehead atoms. The predicted molar refractivity (Wildman–Crippen MR) is 151 cm³/mol. The topological polar surface area (TPSA) is 144 Å². The molecule has 1 fully saturated rings. The summed E-state index contributed by atoms with van der Waals surface area (Å²) in [7, 11) is -4.16. The molecule has 0 N–H and O–H groups in total. The number of nitrogens with zero attached hydrogens (tertiary/aromatic N) is 4. The smallest absolute Gasteiger partial charge is 0.404 e. The molecule has 0 amide bonds. The van der Waals surface area contributed by atoms with Gasteiger partial charge >= 0.3 is 7.82 Å². The van der Waals surface area contributed by atoms with Gasteiger partial charge in [0.1, 0.15) is 19.0 Å². The Morgan fingerprint density at radius 3 is 2.56 bits per heavy atom. The van der Waals surface area contributed by atoms with Gasteiger partial charge in [0.25, 0.3) is 0 Å². The summed E-state index contributed by atoms with van der Waals surface area (Å²) in [6.07, 6.45) is -0.961. The van der Waals surface area contributed by atoms with Crippen molar-refractivity contribution in [1.29, 1.82) is 0 Å². The van der Waals surface area contributed by atoms with Crippen LogP contribution in [-0.4, -0.2) is 90.9 Å². The van der Waals surface area contributed by atoms with Crippen LogP contribution in [0.15, 0.2) is 23.3 Å². The summed E-state index contributed by atoms with van der Waals surface area (Å²) >= 11 is 6.27. The zero-order valence-electron chi connectivity index (χ0n) is 23.9. The van der Waals surface area contributed by atoms with Gasteiger partial charge in [-0.25, -0.2) is 11.1 Å². The number of azide groups is 1. The van der Waals surface area contributed by atoms with Crippen molar-refractivity contribution >= 4 is 19.4 Å². The first-order valence-corrected chi connectivity index (χ1v) is 14.8. The average Bonchev–Trinajstić information content (AvgIpc) is 3.32. The molecule has 4 unspecified atom stereocenters. The third-order valence-electron chi connectivity index (χ3n) is 5.17. The Morgan fingerprint density at radius 2 is 1.88 bits per heavy atom. The quantitative estimate of drug-likeness (QED) is 0.0373. The van der Waals surface area contributed by atoms with E-state index in [4.69, 9.17) is 62.3 Å². The molecule has 0 aliphatic carbocycles. The molecule has 1 heterocycles. The number of hydrogen-bond acceptors (Lipinski definition) is 10. The third kappa shape index (κ3) is 14.9. The van der Waals surface area contributed by atoms with Crippen LogP contribution in [0.5, 0.6) is 5.75 Å². The number of hydrogen-bond donors (Lipinski definition) is 0. The Bertz CT molecular complexity index is 1140. The Kier molecular flexibility index (Phi) is 16.6. The lowest BCUT2D eigenvalue weighted by Crippen LogP contribution is -2.22. The summed E-state index contributed by atoms with van der Waals surface area (Å²) in [5.41, 5.74) is 8.58. The second-order valence-electron chi connectivity index (χ2n) is 8.41. The van der Waals surface area contributed by atoms with E-state index in [0.717, 1.165) is 0 Å². The van der Waals surface area contributed by atoms with Gasteiger partial charge in [0, 0.05) is 24.8 Å². The van der Waals surface area contributed by atoms with E-state index in [1.54, 1.807) is 6.07 Å². The van der Waals surface area contributed by atoms with E-state index in [9.17, 15) is 4.57 Å². The summed E-state index contributed by atoms with van der Waals surface area (Å²) in [4.78, 5) is 5.84. The first-order valence-electron chi connectivity index (χ1n) is 13.6. The SMILES string of the molecule is [2H]CC1OC(C)CC1OP(=O)(OCC[N+]#[C-])Oc1ccc(Cl)c(C#CCOCCOCCOCCOCCN=[N+]=[N-])c1. The van der Waals surface area contributed by atoms with Gasteiger partial charge in [0.15, 0.2) is 0 Å². The molecule has 41 heavy (non-hydrogen) atoms. The van der Waals surface area contributed by atoms with E-state index >= 15 is 0 Å². The van der Waals surface area contributed by atoms with Crippen LogP contribution in [0.2, 0.25) is 5.02 Å². The zero-order valence-corrected chi connectivity index (χ0v) is 24.6. The van der Waals surface area contributed by atoms with Crippen LogP contribution < -0.4 is 4.52 Å². The van der Waals surface area contributed by atoms with Crippen LogP contribution in [0.25, 0.3) is 15.3 Å². The van der Waals surface area contributed by atoms with E-state index in [1.165, 1.54) is 12.1 Å². The molecular weight excluding hydrogens is 579 g/mol. The maximum absolute atomic E-state index is 13.5. The van der Waals surface area contributed by atoms with Crippen molar-refractivity contribution in [2.24, 2.45) is 5.11 Å². The van der Waals surface area contributed by atoms with Crippen molar-refractivity contribution in [1.82, 2.24) is 0 Å². The van der Waals surface area contributed by atoms with Crippen LogP contribution in [0, 0.1) is 18.4 Å². The van der Waals surface area contributed by atoms with E-state index in [0.29, 0.717) is 69.8 Å². The van der Waals surface area contributed by atoms with Gasteiger partial charge in [-0.3, -0.25) is 9.05 Å². The largest absolute Gasteiger partial charge is 0.530 e. The molecule has 0 radical (unpaired) electrons. The average molecular weight is 616 g/mol. The fourth-order valence-corrected chi connectivity index (χ4v) is 4.88. The Labute approximate surface area is 247 Å². The molecule has 1 saturated heterocycles. The minimum Gasteiger partial charge on any atom is -0.404 e. The Morgan fingerprint density at radius 1 is 1.17 bits per heavy atom. The van der Waals surface area contributed by atoms with Crippen LogP contribution in [0.3, 0.4) is 0 Å². The van der Waals surface area contributed by atoms with Gasteiger partial charge < -0.3 is 33.1 Å². The van der Waals surface area contributed by atoms with Crippen LogP contribution in [-0.2, 0) is 37.3 Å². The van der Waals surface area contributed by atoms with Crippen LogP contribution >= 0.6 is 19.4 Å². The lowest BCUT2D eigenvalue weighted by atomic mass is 10.2. The van der Waals surface area contributed by atoms with Crippen molar-refractivity contribution in [3.8, 4) is 17.6 Å². The van der Waals surface area contributed by atoms with E-state index in [-0.39, 0.29) is 38.5 Å². The molecule has 0 aromatic heterocycles. The highest BCUT2D eigenvalue weighted by molar-refractivity contribution is 7.49. The summed E-state index contributed by atoms with van der Waals surface area (Å²) in [6.45, 7) is 11.7. The number of benzene rings is 1. The molecule has 226 valence electrons. The summed E-state index contributed by atoms with van der Waals surface area (Å²) < 4.78 is 65.0. The summed E-state index contributed by atoms with van der Waals surface area (Å²) in [5.74, 6) is 5.91. The van der Waals surface area contributed by atoms with Crippen molar-refractivity contribution < 1.29 is 43.2 Å². The summed E-state index contributed by atoms with van der Waals surface area (Å²) in [6, 6.07) is 4.56. The molecular formula is C26H36ClN4O9P. The second-order valence-corrected chi connectivity index (χ2v) is 10.4. The highest BCUT2D eigenvalue weighted by atomic mass is 35.5. The van der Waals surface area contributed by atoms with Gasteiger partial charge in [-0.1, -0.05) is 28.6 Å². The number of halogens is 1. The monoisotopic (exact) mass is 615 g/mol. The Hall–Kier alpha value is -2.38. The molecule has 1 aromatic rings. The molecule has 2 rings (SSSR count). The van der Waals surface area contributed by atoms with Crippen LogP contribution in [0.1, 0.15) is 27.2 Å². The molecule has 0 spiro atoms. The van der Waals surface area contributed by atoms with Gasteiger partial charge in [-0.2, -0.15) is 0 Å². The fourth-order valence-electron chi connectivity index (χ4n) is 3.32. The highest BCUT2D eigenvalue weighted by Crippen LogP contribution is 2.52. The van der Waals surface area contributed by atoms with Crippen molar-refractivity contribution in [3.63, 3.8) is 0 Å². The molecule has 15 heteroatoms. The number of phosphoric ester groups is 1. The first-order chi connectivity index (χ1) is 20.4. The van der Waals surface area contributed by atoms with Gasteiger partial charge in [0.2, 0.25) is 6.54 Å². The minimum atomic E-state index is -4.16. The highest BCUT2D eigenvalue weighted by Gasteiger charge is 2.40. The minimum absolute atomic E-state index is 0.0238. The van der Waals surface area contributed by atoms with Gasteiger partial charge in [0.05, 0.1) is 69.6 Å². The zero-order chi connectivity index (χ0) is 30.5. The van der Waals surface area contributed by atoms with E-state index in [1.807, 2.05) is 6.92 Å². The van der Waals surface area contributed by atoms with E-state index in [2.05, 4.69) is 26.7 Å². The Balaban J connectivity index is 1.76. The van der Waals surface area contributed by atoms with Crippen molar-refractivity contribution in [2.75, 3.05) is 72.6 Å². The van der Waals surface area contributed by atoms with Crippen molar-refractivity contribution in [2.45, 2.75) is 38.6 Å². The standard InChI is InChI=1S/C26H36ClN4O9P/c1-21-19-26(22(2)38-21)40-41(32,37-12-8-29-3)39-24-6-7-25(27)23(20-24)5-4-10-33-13-15-35-17-18-36-16-14-34-11-9-30-31-28/h6-7,20-22,26H,8-19H2,1-2H3/i2D. The molecule has 0 saturated carbocycles. The summed E-state index contributed by atoms with van der Waals surface area (Å²) in [5, 5.41) is 3.72. The first kappa shape index (κ1) is 33.1.